The molecule has 25 heavy (non-hydrogen) atoms. The van der Waals surface area contributed by atoms with Gasteiger partial charge in [-0.25, -0.2) is 13.1 Å². The topological polar surface area (TPSA) is 75.7 Å². The van der Waals surface area contributed by atoms with Crippen molar-refractivity contribution in [2.45, 2.75) is 23.8 Å². The van der Waals surface area contributed by atoms with E-state index < -0.39 is 20.9 Å². The molecule has 0 radical (unpaired) electrons. The molecule has 2 fully saturated rings. The first kappa shape index (κ1) is 15.7. The normalized spacial score (nSPS) is 26.2. The monoisotopic (exact) mass is 422 g/mol. The lowest BCUT2D eigenvalue weighted by Crippen LogP contribution is -2.68. The van der Waals surface area contributed by atoms with Gasteiger partial charge in [0.05, 0.1) is 24.4 Å². The number of benzene rings is 2. The van der Waals surface area contributed by atoms with Crippen LogP contribution in [0.25, 0.3) is 10.8 Å². The Morgan fingerprint density at radius 2 is 2.04 bits per heavy atom. The number of amides is 1. The van der Waals surface area contributed by atoms with Crippen molar-refractivity contribution in [1.82, 2.24) is 4.72 Å². The molecular weight excluding hydrogens is 408 g/mol. The molecular formula is C17H15BrN2O4S. The second kappa shape index (κ2) is 5.03. The molecule has 3 aliphatic heterocycles. The number of hydrogen-bond donors (Lipinski definition) is 1. The Hall–Kier alpha value is -1.48. The van der Waals surface area contributed by atoms with Crippen molar-refractivity contribution in [2.24, 2.45) is 0 Å². The van der Waals surface area contributed by atoms with Crippen LogP contribution >= 0.6 is 15.9 Å². The van der Waals surface area contributed by atoms with Crippen LogP contribution in [-0.4, -0.2) is 38.5 Å². The van der Waals surface area contributed by atoms with Crippen LogP contribution < -0.4 is 9.62 Å². The highest BCUT2D eigenvalue weighted by Crippen LogP contribution is 2.44. The number of carbonyl (C=O) groups is 1. The summed E-state index contributed by atoms with van der Waals surface area (Å²) in [6.07, 6.45) is 1.06. The van der Waals surface area contributed by atoms with Gasteiger partial charge in [0, 0.05) is 15.4 Å². The van der Waals surface area contributed by atoms with Gasteiger partial charge in [0.15, 0.2) is 5.37 Å². The zero-order valence-electron chi connectivity index (χ0n) is 13.2. The highest BCUT2D eigenvalue weighted by molar-refractivity contribution is 9.10. The van der Waals surface area contributed by atoms with E-state index in [2.05, 4.69) is 20.7 Å². The smallest absolute Gasteiger partial charge is 0.260 e. The average molecular weight is 423 g/mol. The van der Waals surface area contributed by atoms with Gasteiger partial charge in [-0.2, -0.15) is 0 Å². The van der Waals surface area contributed by atoms with Crippen LogP contribution in [0.4, 0.5) is 5.69 Å². The summed E-state index contributed by atoms with van der Waals surface area (Å²) in [6, 6.07) is 9.18. The predicted octanol–water partition coefficient (Wildman–Crippen LogP) is 2.37. The first-order valence-electron chi connectivity index (χ1n) is 8.07. The summed E-state index contributed by atoms with van der Waals surface area (Å²) in [5, 5.41) is 0.822. The molecule has 1 unspecified atom stereocenters. The molecule has 1 atom stereocenters. The van der Waals surface area contributed by atoms with Crippen molar-refractivity contribution >= 4 is 48.3 Å². The lowest BCUT2D eigenvalue weighted by atomic mass is 9.92. The fourth-order valence-electron chi connectivity index (χ4n) is 4.05. The molecule has 5 rings (SSSR count). The molecule has 8 heteroatoms. The molecule has 3 aliphatic rings. The number of halogens is 1. The third kappa shape index (κ3) is 2.08. The summed E-state index contributed by atoms with van der Waals surface area (Å²) in [5.41, 5.74) is 0.728. The maximum atomic E-state index is 13.0. The maximum absolute atomic E-state index is 13.0. The first-order valence-corrected chi connectivity index (χ1v) is 10.4. The van der Waals surface area contributed by atoms with E-state index >= 15 is 0 Å². The Labute approximate surface area is 153 Å². The third-order valence-electron chi connectivity index (χ3n) is 5.31. The predicted molar refractivity (Wildman–Crippen MR) is 97.1 cm³/mol. The molecule has 0 aliphatic carbocycles. The van der Waals surface area contributed by atoms with E-state index in [0.29, 0.717) is 37.3 Å². The van der Waals surface area contributed by atoms with Gasteiger partial charge >= 0.3 is 0 Å². The van der Waals surface area contributed by atoms with E-state index in [-0.39, 0.29) is 5.91 Å². The number of ether oxygens (including phenoxy) is 1. The number of hydrogen-bond acceptors (Lipinski definition) is 4. The maximum Gasteiger partial charge on any atom is 0.260 e. The van der Waals surface area contributed by atoms with Crippen molar-refractivity contribution in [3.8, 4) is 0 Å². The van der Waals surface area contributed by atoms with Crippen LogP contribution in [0.3, 0.4) is 0 Å². The van der Waals surface area contributed by atoms with Gasteiger partial charge in [-0.05, 0) is 36.4 Å². The van der Waals surface area contributed by atoms with Crippen LogP contribution in [0.5, 0.6) is 0 Å². The van der Waals surface area contributed by atoms with Crippen molar-refractivity contribution in [3.05, 3.63) is 40.4 Å². The van der Waals surface area contributed by atoms with E-state index in [9.17, 15) is 13.2 Å². The molecule has 2 aromatic rings. The quantitative estimate of drug-likeness (QED) is 0.765. The molecule has 2 aromatic carbocycles. The largest absolute Gasteiger partial charge is 0.377 e. The fourth-order valence-corrected chi connectivity index (χ4v) is 6.39. The van der Waals surface area contributed by atoms with Gasteiger partial charge < -0.3 is 4.74 Å². The zero-order chi connectivity index (χ0) is 17.4. The van der Waals surface area contributed by atoms with Gasteiger partial charge in [0.25, 0.3) is 5.91 Å². The molecule has 1 N–H and O–H groups in total. The molecule has 0 saturated carbocycles. The van der Waals surface area contributed by atoms with Gasteiger partial charge in [-0.3, -0.25) is 9.69 Å². The second-order valence-corrected chi connectivity index (χ2v) is 9.58. The van der Waals surface area contributed by atoms with E-state index in [0.717, 1.165) is 15.2 Å². The Morgan fingerprint density at radius 1 is 1.24 bits per heavy atom. The molecule has 0 aromatic heterocycles. The molecule has 130 valence electrons. The van der Waals surface area contributed by atoms with E-state index in [1.54, 1.807) is 6.07 Å². The van der Waals surface area contributed by atoms with Crippen molar-refractivity contribution < 1.29 is 17.9 Å². The number of rotatable bonds is 1. The Bertz CT molecular complexity index is 1030. The second-order valence-electron chi connectivity index (χ2n) is 6.88. The van der Waals surface area contributed by atoms with E-state index in [4.69, 9.17) is 4.74 Å². The third-order valence-corrected chi connectivity index (χ3v) is 7.88. The first-order chi connectivity index (χ1) is 11.9. The van der Waals surface area contributed by atoms with E-state index in [1.807, 2.05) is 24.3 Å². The Kier molecular flexibility index (Phi) is 3.17. The summed E-state index contributed by atoms with van der Waals surface area (Å²) in [5.74, 6) is -0.255. The van der Waals surface area contributed by atoms with Crippen LogP contribution in [0.2, 0.25) is 0 Å². The van der Waals surface area contributed by atoms with Crippen molar-refractivity contribution in [1.29, 1.82) is 0 Å². The molecule has 1 spiro atoms. The SMILES string of the molecule is O=C1c2ccc(Br)c3cccc(c23)N1C1CCC2(COC2)NS1(=O)=O. The Balaban J connectivity index is 1.63. The highest BCUT2D eigenvalue weighted by atomic mass is 79.9. The van der Waals surface area contributed by atoms with Crippen molar-refractivity contribution in [3.63, 3.8) is 0 Å². The minimum Gasteiger partial charge on any atom is -0.377 e. The minimum absolute atomic E-state index is 0.255. The number of carbonyl (C=O) groups excluding carboxylic acids is 1. The minimum atomic E-state index is -3.67. The number of nitrogens with one attached hydrogen (secondary N) is 1. The van der Waals surface area contributed by atoms with Crippen molar-refractivity contribution in [2.75, 3.05) is 18.1 Å². The van der Waals surface area contributed by atoms with Crippen LogP contribution in [0.15, 0.2) is 34.8 Å². The summed E-state index contributed by atoms with van der Waals surface area (Å²) < 4.78 is 34.6. The molecule has 1 amide bonds. The zero-order valence-corrected chi connectivity index (χ0v) is 15.6. The average Bonchev–Trinajstić information content (AvgIpc) is 2.82. The highest BCUT2D eigenvalue weighted by Gasteiger charge is 2.52. The van der Waals surface area contributed by atoms with Crippen LogP contribution in [-0.2, 0) is 14.8 Å². The van der Waals surface area contributed by atoms with Gasteiger partial charge in [-0.1, -0.05) is 28.1 Å². The molecule has 3 heterocycles. The van der Waals surface area contributed by atoms with Gasteiger partial charge in [-0.15, -0.1) is 0 Å². The number of nitrogens with zero attached hydrogens (tertiary/aromatic N) is 1. The standard InChI is InChI=1S/C17H15BrN2O4S/c18-12-5-4-11-15-10(12)2-1-3-13(15)20(16(11)21)14-6-7-17(8-24-9-17)19-25(14,22)23/h1-5,14,19H,6-9H2. The Morgan fingerprint density at radius 3 is 2.72 bits per heavy atom. The van der Waals surface area contributed by atoms with Crippen LogP contribution in [0, 0.1) is 0 Å². The van der Waals surface area contributed by atoms with Crippen LogP contribution in [0.1, 0.15) is 23.2 Å². The summed E-state index contributed by atoms with van der Waals surface area (Å²) in [6.45, 7) is 0.797. The number of sulfonamides is 1. The summed E-state index contributed by atoms with van der Waals surface area (Å²) >= 11 is 3.51. The molecule has 6 nitrogen and oxygen atoms in total. The summed E-state index contributed by atoms with van der Waals surface area (Å²) in [7, 11) is -3.67. The lowest BCUT2D eigenvalue weighted by Gasteiger charge is -2.47. The molecule has 2 saturated heterocycles. The summed E-state index contributed by atoms with van der Waals surface area (Å²) in [4.78, 5) is 14.5. The van der Waals surface area contributed by atoms with Gasteiger partial charge in [0.2, 0.25) is 10.0 Å². The van der Waals surface area contributed by atoms with Gasteiger partial charge in [0.1, 0.15) is 0 Å². The van der Waals surface area contributed by atoms with E-state index in [1.165, 1.54) is 4.90 Å². The fraction of sp³-hybridized carbons (Fsp3) is 0.353. The molecule has 0 bridgehead atoms. The number of anilines is 1. The lowest BCUT2D eigenvalue weighted by molar-refractivity contribution is -0.0701.